The van der Waals surface area contributed by atoms with Crippen molar-refractivity contribution in [1.29, 1.82) is 0 Å². The van der Waals surface area contributed by atoms with Crippen LogP contribution in [0.15, 0.2) is 12.3 Å². The molecular formula is C16H28N4OS. The molecule has 6 heteroatoms. The number of aromatic nitrogens is 2. The van der Waals surface area contributed by atoms with Crippen molar-refractivity contribution in [2.45, 2.75) is 57.4 Å². The first-order valence-corrected chi connectivity index (χ1v) is 8.96. The van der Waals surface area contributed by atoms with Crippen LogP contribution in [0.4, 0.5) is 5.82 Å². The predicted octanol–water partition coefficient (Wildman–Crippen LogP) is 2.43. The van der Waals surface area contributed by atoms with Crippen molar-refractivity contribution in [3.8, 4) is 0 Å². The zero-order valence-electron chi connectivity index (χ0n) is 14.3. The first kappa shape index (κ1) is 17.3. The number of amides is 1. The lowest BCUT2D eigenvalue weighted by atomic mass is 10.0. The summed E-state index contributed by atoms with van der Waals surface area (Å²) in [4.78, 5) is 14.5. The molecule has 0 spiro atoms. The topological polar surface area (TPSA) is 50.2 Å². The highest BCUT2D eigenvalue weighted by molar-refractivity contribution is 8.00. The summed E-state index contributed by atoms with van der Waals surface area (Å²) in [6.45, 7) is 9.59. The molecule has 0 aliphatic carbocycles. The monoisotopic (exact) mass is 324 g/mol. The number of nitrogens with zero attached hydrogens (tertiary/aromatic N) is 3. The SMILES string of the molecule is C[C@@H](CSC(C)(C)C)N[C@H]1CCCN(c2ccn(C)n2)C1=O. The van der Waals surface area contributed by atoms with Crippen molar-refractivity contribution >= 4 is 23.5 Å². The molecule has 0 radical (unpaired) electrons. The van der Waals surface area contributed by atoms with Gasteiger partial charge in [0.2, 0.25) is 5.91 Å². The van der Waals surface area contributed by atoms with E-state index in [1.807, 2.05) is 36.0 Å². The fraction of sp³-hybridized carbons (Fsp3) is 0.750. The minimum absolute atomic E-state index is 0.0914. The third kappa shape index (κ3) is 4.74. The van der Waals surface area contributed by atoms with Gasteiger partial charge in [0.15, 0.2) is 5.82 Å². The first-order valence-electron chi connectivity index (χ1n) is 7.97. The Morgan fingerprint density at radius 3 is 2.82 bits per heavy atom. The van der Waals surface area contributed by atoms with Gasteiger partial charge >= 0.3 is 0 Å². The van der Waals surface area contributed by atoms with Gasteiger partial charge in [-0.1, -0.05) is 20.8 Å². The van der Waals surface area contributed by atoms with E-state index in [-0.39, 0.29) is 16.7 Å². The second kappa shape index (κ2) is 7.04. The van der Waals surface area contributed by atoms with E-state index in [4.69, 9.17) is 0 Å². The van der Waals surface area contributed by atoms with E-state index in [1.165, 1.54) is 0 Å². The second-order valence-corrected chi connectivity index (χ2v) is 8.87. The van der Waals surface area contributed by atoms with Gasteiger partial charge in [0.1, 0.15) is 0 Å². The van der Waals surface area contributed by atoms with Gasteiger partial charge < -0.3 is 5.32 Å². The minimum atomic E-state index is -0.0914. The van der Waals surface area contributed by atoms with Crippen LogP contribution in [0, 0.1) is 0 Å². The smallest absolute Gasteiger partial charge is 0.245 e. The van der Waals surface area contributed by atoms with Gasteiger partial charge in [-0.2, -0.15) is 16.9 Å². The molecule has 0 saturated carbocycles. The highest BCUT2D eigenvalue weighted by Gasteiger charge is 2.31. The van der Waals surface area contributed by atoms with Crippen molar-refractivity contribution in [3.05, 3.63) is 12.3 Å². The highest BCUT2D eigenvalue weighted by Crippen LogP contribution is 2.24. The Bertz CT molecular complexity index is 508. The predicted molar refractivity (Wildman–Crippen MR) is 93.4 cm³/mol. The van der Waals surface area contributed by atoms with Gasteiger partial charge in [-0.05, 0) is 19.8 Å². The van der Waals surface area contributed by atoms with Crippen LogP contribution in [0.1, 0.15) is 40.5 Å². The van der Waals surface area contributed by atoms with E-state index in [2.05, 4.69) is 38.1 Å². The number of piperidine rings is 1. The van der Waals surface area contributed by atoms with E-state index >= 15 is 0 Å². The van der Waals surface area contributed by atoms with Crippen molar-refractivity contribution < 1.29 is 4.79 Å². The fourth-order valence-corrected chi connectivity index (χ4v) is 3.42. The number of carbonyl (C=O) groups excluding carboxylic acids is 1. The van der Waals surface area contributed by atoms with Crippen LogP contribution in [0.2, 0.25) is 0 Å². The number of rotatable bonds is 5. The molecular weight excluding hydrogens is 296 g/mol. The lowest BCUT2D eigenvalue weighted by Gasteiger charge is -2.33. The summed E-state index contributed by atoms with van der Waals surface area (Å²) < 4.78 is 1.99. The van der Waals surface area contributed by atoms with Gasteiger partial charge in [0.05, 0.1) is 6.04 Å². The van der Waals surface area contributed by atoms with Crippen molar-refractivity contribution in [2.24, 2.45) is 7.05 Å². The maximum absolute atomic E-state index is 12.7. The van der Waals surface area contributed by atoms with Gasteiger partial charge in [-0.25, -0.2) is 0 Å². The Labute approximate surface area is 137 Å². The molecule has 22 heavy (non-hydrogen) atoms. The third-order valence-corrected chi connectivity index (χ3v) is 5.20. The summed E-state index contributed by atoms with van der Waals surface area (Å²) in [6.07, 6.45) is 3.80. The second-order valence-electron chi connectivity index (χ2n) is 7.02. The summed E-state index contributed by atoms with van der Waals surface area (Å²) in [6, 6.07) is 2.13. The molecule has 1 aromatic rings. The van der Waals surface area contributed by atoms with Crippen LogP contribution in [0.5, 0.6) is 0 Å². The third-order valence-electron chi connectivity index (χ3n) is 3.67. The van der Waals surface area contributed by atoms with Crippen LogP contribution >= 0.6 is 11.8 Å². The molecule has 2 rings (SSSR count). The normalized spacial score (nSPS) is 21.2. The molecule has 0 unspecified atom stereocenters. The zero-order valence-corrected chi connectivity index (χ0v) is 15.1. The summed E-state index contributed by atoms with van der Waals surface area (Å²) in [5.74, 6) is 1.92. The highest BCUT2D eigenvalue weighted by atomic mass is 32.2. The summed E-state index contributed by atoms with van der Waals surface area (Å²) in [5.41, 5.74) is 0. The van der Waals surface area contributed by atoms with Crippen LogP contribution in [-0.4, -0.2) is 44.8 Å². The Hall–Kier alpha value is -1.01. The van der Waals surface area contributed by atoms with E-state index in [0.717, 1.165) is 31.0 Å². The molecule has 2 atom stereocenters. The zero-order chi connectivity index (χ0) is 16.3. The fourth-order valence-electron chi connectivity index (χ4n) is 2.57. The summed E-state index contributed by atoms with van der Waals surface area (Å²) >= 11 is 1.93. The Kier molecular flexibility index (Phi) is 5.55. The Balaban J connectivity index is 1.92. The average molecular weight is 324 g/mol. The van der Waals surface area contributed by atoms with E-state index in [1.54, 1.807) is 4.68 Å². The average Bonchev–Trinajstić information content (AvgIpc) is 2.84. The molecule has 2 heterocycles. The number of carbonyl (C=O) groups is 1. The maximum atomic E-state index is 12.7. The molecule has 1 saturated heterocycles. The molecule has 1 amide bonds. The number of hydrogen-bond acceptors (Lipinski definition) is 4. The quantitative estimate of drug-likeness (QED) is 0.904. The lowest BCUT2D eigenvalue weighted by molar-refractivity contribution is -0.122. The minimum Gasteiger partial charge on any atom is -0.303 e. The van der Waals surface area contributed by atoms with E-state index in [9.17, 15) is 4.79 Å². The molecule has 1 aliphatic heterocycles. The molecule has 124 valence electrons. The van der Waals surface area contributed by atoms with E-state index in [0.29, 0.717) is 6.04 Å². The summed E-state index contributed by atoms with van der Waals surface area (Å²) in [7, 11) is 1.87. The van der Waals surface area contributed by atoms with Gasteiger partial charge in [0.25, 0.3) is 0 Å². The first-order chi connectivity index (χ1) is 10.3. The lowest BCUT2D eigenvalue weighted by Crippen LogP contribution is -2.53. The standard InChI is InChI=1S/C16H28N4OS/c1-12(11-22-16(2,3)4)17-13-7-6-9-20(15(13)21)14-8-10-19(5)18-14/h8,10,12-13,17H,6-7,9,11H2,1-5H3/t12-,13-/m0/s1. The molecule has 1 aliphatic rings. The van der Waals surface area contributed by atoms with Crippen molar-refractivity contribution in [2.75, 3.05) is 17.2 Å². The molecule has 1 aromatic heterocycles. The largest absolute Gasteiger partial charge is 0.303 e. The van der Waals surface area contributed by atoms with Crippen molar-refractivity contribution in [3.63, 3.8) is 0 Å². The Morgan fingerprint density at radius 1 is 1.50 bits per heavy atom. The van der Waals surface area contributed by atoms with Crippen LogP contribution < -0.4 is 10.2 Å². The number of anilines is 1. The number of thioether (sulfide) groups is 1. The van der Waals surface area contributed by atoms with Gasteiger partial charge in [0, 0.05) is 42.4 Å². The Morgan fingerprint density at radius 2 is 2.23 bits per heavy atom. The molecule has 0 bridgehead atoms. The number of nitrogens with one attached hydrogen (secondary N) is 1. The molecule has 0 aromatic carbocycles. The number of aryl methyl sites for hydroxylation is 1. The maximum Gasteiger partial charge on any atom is 0.245 e. The summed E-state index contributed by atoms with van der Waals surface area (Å²) in [5, 5.41) is 7.86. The molecule has 5 nitrogen and oxygen atoms in total. The van der Waals surface area contributed by atoms with E-state index < -0.39 is 0 Å². The number of hydrogen-bond donors (Lipinski definition) is 1. The van der Waals surface area contributed by atoms with Crippen LogP contribution in [0.25, 0.3) is 0 Å². The van der Waals surface area contributed by atoms with Gasteiger partial charge in [-0.3, -0.25) is 14.4 Å². The van der Waals surface area contributed by atoms with Crippen LogP contribution in [0.3, 0.4) is 0 Å². The molecule has 1 fully saturated rings. The van der Waals surface area contributed by atoms with Crippen molar-refractivity contribution in [1.82, 2.24) is 15.1 Å². The van der Waals surface area contributed by atoms with Gasteiger partial charge in [-0.15, -0.1) is 0 Å². The molecule has 1 N–H and O–H groups in total. The van der Waals surface area contributed by atoms with Crippen LogP contribution in [-0.2, 0) is 11.8 Å².